The smallest absolute Gasteiger partial charge is 0.326 e. The molecule has 1 aliphatic heterocycles. The Bertz CT molecular complexity index is 522. The molecule has 2 rings (SSSR count). The van der Waals surface area contributed by atoms with Crippen molar-refractivity contribution in [1.82, 2.24) is 4.90 Å². The summed E-state index contributed by atoms with van der Waals surface area (Å²) in [5.74, 6) is -1.26. The molecule has 0 bridgehead atoms. The molecule has 0 radical (unpaired) electrons. The highest BCUT2D eigenvalue weighted by molar-refractivity contribution is 6.02. The number of amides is 1. The van der Waals surface area contributed by atoms with Gasteiger partial charge in [0.2, 0.25) is 0 Å². The van der Waals surface area contributed by atoms with Gasteiger partial charge in [0.25, 0.3) is 5.91 Å². The molecular weight excluding hydrogens is 250 g/mol. The van der Waals surface area contributed by atoms with Gasteiger partial charge in [0.1, 0.15) is 11.8 Å². The van der Waals surface area contributed by atoms with E-state index in [1.54, 1.807) is 24.3 Å². The van der Waals surface area contributed by atoms with Crippen LogP contribution in [0.2, 0.25) is 0 Å². The van der Waals surface area contributed by atoms with Crippen LogP contribution < -0.4 is 4.74 Å². The van der Waals surface area contributed by atoms with Crippen LogP contribution in [0.15, 0.2) is 24.3 Å². The Morgan fingerprint density at radius 1 is 1.32 bits per heavy atom. The fraction of sp³-hybridized carbons (Fsp3) is 0.308. The van der Waals surface area contributed by atoms with E-state index in [0.717, 1.165) is 4.90 Å². The van der Waals surface area contributed by atoms with Crippen LogP contribution in [-0.4, -0.2) is 47.4 Å². The molecular formula is C13H13NO5. The quantitative estimate of drug-likeness (QED) is 0.861. The fourth-order valence-corrected chi connectivity index (χ4v) is 2.02. The van der Waals surface area contributed by atoms with Crippen LogP contribution in [0.25, 0.3) is 0 Å². The number of likely N-dealkylation sites (tertiary alicyclic amines) is 1. The predicted octanol–water partition coefficient (Wildman–Crippen LogP) is 0.563. The van der Waals surface area contributed by atoms with E-state index >= 15 is 0 Å². The molecule has 0 saturated carbocycles. The Balaban J connectivity index is 2.22. The zero-order valence-corrected chi connectivity index (χ0v) is 10.3. The molecule has 100 valence electrons. The number of nitrogens with zero attached hydrogens (tertiary/aromatic N) is 1. The number of ketones is 1. The van der Waals surface area contributed by atoms with Crippen molar-refractivity contribution in [3.8, 4) is 5.75 Å². The van der Waals surface area contributed by atoms with E-state index in [4.69, 9.17) is 9.84 Å². The van der Waals surface area contributed by atoms with Gasteiger partial charge < -0.3 is 14.7 Å². The van der Waals surface area contributed by atoms with Crippen LogP contribution in [0.4, 0.5) is 0 Å². The summed E-state index contributed by atoms with van der Waals surface area (Å²) >= 11 is 0. The number of carbonyl (C=O) groups is 3. The molecule has 6 nitrogen and oxygen atoms in total. The topological polar surface area (TPSA) is 83.9 Å². The predicted molar refractivity (Wildman–Crippen MR) is 65.1 cm³/mol. The van der Waals surface area contributed by atoms with Crippen molar-refractivity contribution < 1.29 is 24.2 Å². The van der Waals surface area contributed by atoms with Gasteiger partial charge in [0.15, 0.2) is 5.78 Å². The van der Waals surface area contributed by atoms with Gasteiger partial charge in [0.05, 0.1) is 13.7 Å². The van der Waals surface area contributed by atoms with Gasteiger partial charge in [-0.05, 0) is 24.3 Å². The Hall–Kier alpha value is -2.37. The number of carboxylic acids is 1. The number of hydrogen-bond donors (Lipinski definition) is 1. The minimum Gasteiger partial charge on any atom is -0.497 e. The number of carboxylic acid groups (broad SMARTS) is 1. The Morgan fingerprint density at radius 2 is 1.95 bits per heavy atom. The van der Waals surface area contributed by atoms with Gasteiger partial charge in [-0.2, -0.15) is 0 Å². The normalized spacial score (nSPS) is 18.5. The van der Waals surface area contributed by atoms with E-state index in [9.17, 15) is 14.4 Å². The van der Waals surface area contributed by atoms with Crippen LogP contribution in [0.5, 0.6) is 5.75 Å². The second kappa shape index (κ2) is 5.09. The molecule has 0 aromatic heterocycles. The lowest BCUT2D eigenvalue weighted by molar-refractivity contribution is -0.141. The van der Waals surface area contributed by atoms with E-state index in [0.29, 0.717) is 11.3 Å². The van der Waals surface area contributed by atoms with Gasteiger partial charge in [0, 0.05) is 12.0 Å². The molecule has 1 aromatic carbocycles. The maximum atomic E-state index is 12.2. The van der Waals surface area contributed by atoms with Crippen LogP contribution in [-0.2, 0) is 9.59 Å². The van der Waals surface area contributed by atoms with Crippen LogP contribution in [0, 0.1) is 0 Å². The molecule has 1 fully saturated rings. The molecule has 1 atom stereocenters. The lowest BCUT2D eigenvalue weighted by atomic mass is 10.1. The molecule has 0 aliphatic carbocycles. The molecule has 1 amide bonds. The maximum absolute atomic E-state index is 12.2. The van der Waals surface area contributed by atoms with E-state index in [1.165, 1.54) is 7.11 Å². The van der Waals surface area contributed by atoms with Gasteiger partial charge >= 0.3 is 5.97 Å². The number of hydrogen-bond acceptors (Lipinski definition) is 4. The third kappa shape index (κ3) is 2.57. The number of rotatable bonds is 3. The summed E-state index contributed by atoms with van der Waals surface area (Å²) in [5.41, 5.74) is 0.335. The van der Waals surface area contributed by atoms with Crippen molar-refractivity contribution in [2.45, 2.75) is 12.5 Å². The maximum Gasteiger partial charge on any atom is 0.326 e. The first kappa shape index (κ1) is 13.1. The summed E-state index contributed by atoms with van der Waals surface area (Å²) in [4.78, 5) is 35.6. The van der Waals surface area contributed by atoms with Crippen molar-refractivity contribution in [1.29, 1.82) is 0 Å². The van der Waals surface area contributed by atoms with Crippen molar-refractivity contribution in [2.24, 2.45) is 0 Å². The summed E-state index contributed by atoms with van der Waals surface area (Å²) in [6, 6.07) is 5.25. The lowest BCUT2D eigenvalue weighted by Gasteiger charge is -2.20. The minimum absolute atomic E-state index is 0.128. The molecule has 0 spiro atoms. The number of carbonyl (C=O) groups excluding carboxylic acids is 2. The number of methoxy groups -OCH3 is 1. The zero-order valence-electron chi connectivity index (χ0n) is 10.3. The Kier molecular flexibility index (Phi) is 3.50. The van der Waals surface area contributed by atoms with Gasteiger partial charge in [-0.25, -0.2) is 4.79 Å². The van der Waals surface area contributed by atoms with Crippen molar-refractivity contribution >= 4 is 17.7 Å². The van der Waals surface area contributed by atoms with Gasteiger partial charge in [-0.1, -0.05) is 0 Å². The van der Waals surface area contributed by atoms with Crippen molar-refractivity contribution in [3.05, 3.63) is 29.8 Å². The summed E-state index contributed by atoms with van der Waals surface area (Å²) in [6.07, 6.45) is -0.128. The Morgan fingerprint density at radius 3 is 2.47 bits per heavy atom. The molecule has 1 saturated heterocycles. The second-order valence-electron chi connectivity index (χ2n) is 4.26. The van der Waals surface area contributed by atoms with E-state index in [1.807, 2.05) is 0 Å². The second-order valence-corrected chi connectivity index (χ2v) is 4.26. The summed E-state index contributed by atoms with van der Waals surface area (Å²) < 4.78 is 4.98. The lowest BCUT2D eigenvalue weighted by Crippen LogP contribution is -2.40. The van der Waals surface area contributed by atoms with Crippen LogP contribution >= 0.6 is 0 Å². The highest BCUT2D eigenvalue weighted by Crippen LogP contribution is 2.19. The fourth-order valence-electron chi connectivity index (χ4n) is 2.02. The number of ether oxygens (including phenoxy) is 1. The number of aliphatic carboxylic acids is 1. The van der Waals surface area contributed by atoms with Crippen molar-refractivity contribution in [3.63, 3.8) is 0 Å². The molecule has 1 unspecified atom stereocenters. The standard InChI is InChI=1S/C13H13NO5/c1-19-10-4-2-8(3-5-10)12(16)14-7-9(15)6-11(14)13(17)18/h2-5,11H,6-7H2,1H3,(H,17,18). The summed E-state index contributed by atoms with van der Waals surface area (Å²) in [6.45, 7) is -0.151. The molecule has 19 heavy (non-hydrogen) atoms. The van der Waals surface area contributed by atoms with Gasteiger partial charge in [-0.3, -0.25) is 9.59 Å². The third-order valence-corrected chi connectivity index (χ3v) is 3.03. The number of Topliss-reactive ketones (excluding diaryl/α,β-unsaturated/α-hetero) is 1. The summed E-state index contributed by atoms with van der Waals surface area (Å²) in [5, 5.41) is 9.01. The van der Waals surface area contributed by atoms with E-state index in [-0.39, 0.29) is 18.7 Å². The average molecular weight is 263 g/mol. The molecule has 1 heterocycles. The van der Waals surface area contributed by atoms with Gasteiger partial charge in [-0.15, -0.1) is 0 Å². The number of benzene rings is 1. The average Bonchev–Trinajstić information content (AvgIpc) is 2.80. The first-order valence-electron chi connectivity index (χ1n) is 5.72. The zero-order chi connectivity index (χ0) is 14.0. The highest BCUT2D eigenvalue weighted by Gasteiger charge is 2.39. The molecule has 6 heteroatoms. The highest BCUT2D eigenvalue weighted by atomic mass is 16.5. The molecule has 1 aromatic rings. The molecule has 1 N–H and O–H groups in total. The minimum atomic E-state index is -1.16. The largest absolute Gasteiger partial charge is 0.497 e. The molecule has 1 aliphatic rings. The monoisotopic (exact) mass is 263 g/mol. The van der Waals surface area contributed by atoms with Crippen molar-refractivity contribution in [2.75, 3.05) is 13.7 Å². The first-order valence-corrected chi connectivity index (χ1v) is 5.72. The first-order chi connectivity index (χ1) is 9.02. The third-order valence-electron chi connectivity index (χ3n) is 3.03. The van der Waals surface area contributed by atoms with E-state index in [2.05, 4.69) is 0 Å². The Labute approximate surface area is 109 Å². The van der Waals surface area contributed by atoms with Crippen LogP contribution in [0.1, 0.15) is 16.8 Å². The SMILES string of the molecule is COc1ccc(C(=O)N2CC(=O)CC2C(=O)O)cc1. The summed E-state index contributed by atoms with van der Waals surface area (Å²) in [7, 11) is 1.51. The van der Waals surface area contributed by atoms with E-state index < -0.39 is 17.9 Å². The van der Waals surface area contributed by atoms with Crippen LogP contribution in [0.3, 0.4) is 0 Å².